The van der Waals surface area contributed by atoms with Crippen LogP contribution in [0.4, 0.5) is 0 Å². The minimum atomic E-state index is 0.585. The minimum Gasteiger partial charge on any atom is -0.411 e. The number of oxime groups is 1. The van der Waals surface area contributed by atoms with Crippen molar-refractivity contribution in [2.75, 3.05) is 0 Å². The highest BCUT2D eigenvalue weighted by atomic mass is 16.4. The summed E-state index contributed by atoms with van der Waals surface area (Å²) in [5, 5.41) is 12.2. The van der Waals surface area contributed by atoms with Crippen molar-refractivity contribution in [3.63, 3.8) is 0 Å². The maximum Gasteiger partial charge on any atom is 0.0870 e. The summed E-state index contributed by atoms with van der Waals surface area (Å²) in [6.45, 7) is 2.22. The van der Waals surface area contributed by atoms with E-state index in [0.717, 1.165) is 24.1 Å². The molecular formula is C11H13NO. The Morgan fingerprint density at radius 2 is 2.15 bits per heavy atom. The molecule has 1 aliphatic carbocycles. The number of hydrogen-bond acceptors (Lipinski definition) is 2. The van der Waals surface area contributed by atoms with Gasteiger partial charge in [-0.3, -0.25) is 0 Å². The van der Waals surface area contributed by atoms with Crippen molar-refractivity contribution in [1.29, 1.82) is 0 Å². The second kappa shape index (κ2) is 3.21. The molecule has 0 aromatic heterocycles. The Morgan fingerprint density at radius 3 is 2.92 bits per heavy atom. The maximum atomic E-state index is 8.81. The average Bonchev–Trinajstić information content (AvgIpc) is 2.19. The third-order valence-electron chi connectivity index (χ3n) is 2.74. The lowest BCUT2D eigenvalue weighted by atomic mass is 9.83. The fourth-order valence-corrected chi connectivity index (χ4v) is 1.94. The summed E-state index contributed by atoms with van der Waals surface area (Å²) < 4.78 is 0. The summed E-state index contributed by atoms with van der Waals surface area (Å²) in [6.07, 6.45) is 1.96. The van der Waals surface area contributed by atoms with Gasteiger partial charge in [0.05, 0.1) is 5.71 Å². The molecule has 0 amide bonds. The predicted octanol–water partition coefficient (Wildman–Crippen LogP) is 2.76. The zero-order valence-corrected chi connectivity index (χ0v) is 7.70. The van der Waals surface area contributed by atoms with E-state index in [9.17, 15) is 0 Å². The first-order valence-electron chi connectivity index (χ1n) is 4.63. The Labute approximate surface area is 77.9 Å². The van der Waals surface area contributed by atoms with Crippen LogP contribution in [0.1, 0.15) is 36.8 Å². The van der Waals surface area contributed by atoms with Crippen molar-refractivity contribution >= 4 is 5.71 Å². The van der Waals surface area contributed by atoms with Gasteiger partial charge in [0.1, 0.15) is 0 Å². The molecule has 0 saturated carbocycles. The standard InChI is InChI=1S/C11H13NO/c1-8-6-7-11(12-13)10-5-3-2-4-9(8)10/h2-5,8,13H,6-7H2,1H3/b12-11+. The molecule has 0 radical (unpaired) electrons. The number of hydrogen-bond donors (Lipinski definition) is 1. The molecule has 0 bridgehead atoms. The normalized spacial score (nSPS) is 24.4. The summed E-state index contributed by atoms with van der Waals surface area (Å²) in [6, 6.07) is 8.17. The lowest BCUT2D eigenvalue weighted by Crippen LogP contribution is -2.14. The van der Waals surface area contributed by atoms with Gasteiger partial charge in [0, 0.05) is 5.56 Å². The van der Waals surface area contributed by atoms with Gasteiger partial charge in [-0.05, 0) is 24.3 Å². The molecule has 0 spiro atoms. The Morgan fingerprint density at radius 1 is 1.38 bits per heavy atom. The third-order valence-corrected chi connectivity index (χ3v) is 2.74. The van der Waals surface area contributed by atoms with E-state index in [4.69, 9.17) is 5.21 Å². The molecule has 1 atom stereocenters. The van der Waals surface area contributed by atoms with Crippen LogP contribution in [0.25, 0.3) is 0 Å². The SMILES string of the molecule is CC1CC/C(=N\O)c2ccccc21. The van der Waals surface area contributed by atoms with Crippen LogP contribution in [0.2, 0.25) is 0 Å². The monoisotopic (exact) mass is 175 g/mol. The largest absolute Gasteiger partial charge is 0.411 e. The van der Waals surface area contributed by atoms with E-state index in [0.29, 0.717) is 5.92 Å². The van der Waals surface area contributed by atoms with E-state index in [1.807, 2.05) is 18.2 Å². The van der Waals surface area contributed by atoms with Gasteiger partial charge in [0.15, 0.2) is 0 Å². The second-order valence-corrected chi connectivity index (χ2v) is 3.57. The van der Waals surface area contributed by atoms with Gasteiger partial charge < -0.3 is 5.21 Å². The molecule has 0 aliphatic heterocycles. The van der Waals surface area contributed by atoms with Crippen molar-refractivity contribution in [2.45, 2.75) is 25.7 Å². The highest BCUT2D eigenvalue weighted by Gasteiger charge is 2.20. The Hall–Kier alpha value is -1.31. The van der Waals surface area contributed by atoms with Gasteiger partial charge in [-0.1, -0.05) is 36.3 Å². The van der Waals surface area contributed by atoms with Crippen LogP contribution in [0, 0.1) is 0 Å². The Bertz CT molecular complexity index is 344. The van der Waals surface area contributed by atoms with E-state index >= 15 is 0 Å². The molecule has 1 aliphatic rings. The van der Waals surface area contributed by atoms with Gasteiger partial charge in [-0.25, -0.2) is 0 Å². The molecule has 1 aromatic rings. The zero-order chi connectivity index (χ0) is 9.26. The van der Waals surface area contributed by atoms with Gasteiger partial charge in [0.25, 0.3) is 0 Å². The molecule has 13 heavy (non-hydrogen) atoms. The van der Waals surface area contributed by atoms with Crippen LogP contribution in [0.15, 0.2) is 29.4 Å². The number of rotatable bonds is 0. The fraction of sp³-hybridized carbons (Fsp3) is 0.364. The number of nitrogens with zero attached hydrogens (tertiary/aromatic N) is 1. The molecule has 1 N–H and O–H groups in total. The first-order chi connectivity index (χ1) is 6.33. The lowest BCUT2D eigenvalue weighted by Gasteiger charge is -2.22. The van der Waals surface area contributed by atoms with Crippen molar-refractivity contribution in [2.24, 2.45) is 5.16 Å². The lowest BCUT2D eigenvalue weighted by molar-refractivity contribution is 0.317. The molecule has 0 heterocycles. The molecule has 1 unspecified atom stereocenters. The molecule has 2 heteroatoms. The first kappa shape index (κ1) is 8.30. The molecule has 0 saturated heterocycles. The highest BCUT2D eigenvalue weighted by Crippen LogP contribution is 2.30. The maximum absolute atomic E-state index is 8.81. The molecule has 1 aromatic carbocycles. The van der Waals surface area contributed by atoms with Crippen LogP contribution in [-0.4, -0.2) is 10.9 Å². The number of fused-ring (bicyclic) bond motifs is 1. The van der Waals surface area contributed by atoms with Gasteiger partial charge in [0.2, 0.25) is 0 Å². The first-order valence-corrected chi connectivity index (χ1v) is 4.63. The van der Waals surface area contributed by atoms with Crippen molar-refractivity contribution in [3.8, 4) is 0 Å². The average molecular weight is 175 g/mol. The molecule has 68 valence electrons. The zero-order valence-electron chi connectivity index (χ0n) is 7.70. The second-order valence-electron chi connectivity index (χ2n) is 3.57. The van der Waals surface area contributed by atoms with E-state index in [2.05, 4.69) is 18.1 Å². The van der Waals surface area contributed by atoms with Crippen LogP contribution < -0.4 is 0 Å². The van der Waals surface area contributed by atoms with Crippen molar-refractivity contribution < 1.29 is 5.21 Å². The smallest absolute Gasteiger partial charge is 0.0870 e. The highest BCUT2D eigenvalue weighted by molar-refractivity contribution is 6.02. The van der Waals surface area contributed by atoms with Crippen molar-refractivity contribution in [1.82, 2.24) is 0 Å². The fourth-order valence-electron chi connectivity index (χ4n) is 1.94. The summed E-state index contributed by atoms with van der Waals surface area (Å²) in [7, 11) is 0. The van der Waals surface area contributed by atoms with Gasteiger partial charge in [-0.15, -0.1) is 0 Å². The third kappa shape index (κ3) is 1.32. The van der Waals surface area contributed by atoms with E-state index in [1.54, 1.807) is 0 Å². The molecule has 2 nitrogen and oxygen atoms in total. The Kier molecular flexibility index (Phi) is 2.05. The Balaban J connectivity index is 2.54. The van der Waals surface area contributed by atoms with Crippen LogP contribution in [0.5, 0.6) is 0 Å². The summed E-state index contributed by atoms with van der Waals surface area (Å²) in [5.41, 5.74) is 3.25. The van der Waals surface area contributed by atoms with Crippen LogP contribution >= 0.6 is 0 Å². The van der Waals surface area contributed by atoms with E-state index in [1.165, 1.54) is 5.56 Å². The number of benzene rings is 1. The molecule has 0 fully saturated rings. The van der Waals surface area contributed by atoms with E-state index < -0.39 is 0 Å². The van der Waals surface area contributed by atoms with Crippen LogP contribution in [-0.2, 0) is 0 Å². The summed E-state index contributed by atoms with van der Waals surface area (Å²) >= 11 is 0. The topological polar surface area (TPSA) is 32.6 Å². The molecule has 2 rings (SSSR count). The quantitative estimate of drug-likeness (QED) is 0.477. The van der Waals surface area contributed by atoms with Gasteiger partial charge >= 0.3 is 0 Å². The van der Waals surface area contributed by atoms with Crippen LogP contribution in [0.3, 0.4) is 0 Å². The summed E-state index contributed by atoms with van der Waals surface area (Å²) in [5.74, 6) is 0.585. The summed E-state index contributed by atoms with van der Waals surface area (Å²) in [4.78, 5) is 0. The minimum absolute atomic E-state index is 0.585. The van der Waals surface area contributed by atoms with Gasteiger partial charge in [-0.2, -0.15) is 0 Å². The predicted molar refractivity (Wildman–Crippen MR) is 52.4 cm³/mol. The molecular weight excluding hydrogens is 162 g/mol. The van der Waals surface area contributed by atoms with E-state index in [-0.39, 0.29) is 0 Å². The van der Waals surface area contributed by atoms with Crippen molar-refractivity contribution in [3.05, 3.63) is 35.4 Å².